The summed E-state index contributed by atoms with van der Waals surface area (Å²) in [5.41, 5.74) is 0.920. The van der Waals surface area contributed by atoms with E-state index in [9.17, 15) is 14.4 Å². The molecule has 0 bridgehead atoms. The minimum atomic E-state index is -0.449. The number of esters is 1. The molecule has 1 heterocycles. The predicted octanol–water partition coefficient (Wildman–Crippen LogP) is 2.31. The molecule has 1 aliphatic heterocycles. The summed E-state index contributed by atoms with van der Waals surface area (Å²) in [4.78, 5) is 38.3. The lowest BCUT2D eigenvalue weighted by atomic mass is 9.99. The average molecular weight is 344 g/mol. The van der Waals surface area contributed by atoms with E-state index in [1.807, 2.05) is 4.90 Å². The van der Waals surface area contributed by atoms with Crippen molar-refractivity contribution < 1.29 is 19.1 Å². The number of hydrogen-bond donors (Lipinski definition) is 1. The van der Waals surface area contributed by atoms with E-state index in [1.54, 1.807) is 24.3 Å². The van der Waals surface area contributed by atoms with Gasteiger partial charge in [-0.1, -0.05) is 13.0 Å². The molecular formula is C19H24N2O4. The number of carbonyl (C=O) groups excluding carboxylic acids is 3. The van der Waals surface area contributed by atoms with Gasteiger partial charge in [-0.2, -0.15) is 0 Å². The second-order valence-electron chi connectivity index (χ2n) is 7.02. The van der Waals surface area contributed by atoms with Crippen molar-refractivity contribution in [2.75, 3.05) is 25.5 Å². The van der Waals surface area contributed by atoms with E-state index in [1.165, 1.54) is 7.11 Å². The zero-order chi connectivity index (χ0) is 18.0. The van der Waals surface area contributed by atoms with Gasteiger partial charge in [0.2, 0.25) is 11.8 Å². The molecule has 0 aromatic heterocycles. The number of nitrogens with zero attached hydrogens (tertiary/aromatic N) is 1. The summed E-state index contributed by atoms with van der Waals surface area (Å²) >= 11 is 0. The quantitative estimate of drug-likeness (QED) is 0.851. The minimum Gasteiger partial charge on any atom is -0.465 e. The second-order valence-corrected chi connectivity index (χ2v) is 7.02. The van der Waals surface area contributed by atoms with E-state index in [4.69, 9.17) is 0 Å². The largest absolute Gasteiger partial charge is 0.465 e. The molecule has 3 rings (SSSR count). The van der Waals surface area contributed by atoms with Gasteiger partial charge in [-0.25, -0.2) is 4.79 Å². The number of rotatable bonds is 4. The van der Waals surface area contributed by atoms with Gasteiger partial charge in [0.25, 0.3) is 0 Å². The van der Waals surface area contributed by atoms with E-state index in [2.05, 4.69) is 17.0 Å². The molecule has 0 radical (unpaired) electrons. The fraction of sp³-hybridized carbons (Fsp3) is 0.526. The smallest absolute Gasteiger partial charge is 0.337 e. The van der Waals surface area contributed by atoms with Crippen LogP contribution in [0.5, 0.6) is 0 Å². The molecule has 134 valence electrons. The van der Waals surface area contributed by atoms with Crippen molar-refractivity contribution in [2.24, 2.45) is 17.8 Å². The first-order chi connectivity index (χ1) is 12.0. The van der Waals surface area contributed by atoms with Crippen molar-refractivity contribution in [2.45, 2.75) is 26.2 Å². The summed E-state index contributed by atoms with van der Waals surface area (Å²) in [7, 11) is 1.31. The first kappa shape index (κ1) is 17.5. The van der Waals surface area contributed by atoms with Crippen LogP contribution in [0.2, 0.25) is 0 Å². The van der Waals surface area contributed by atoms with Crippen LogP contribution < -0.4 is 5.32 Å². The monoisotopic (exact) mass is 344 g/mol. The normalized spacial score (nSPS) is 23.0. The minimum absolute atomic E-state index is 0.107. The highest BCUT2D eigenvalue weighted by Crippen LogP contribution is 2.41. The highest BCUT2D eigenvalue weighted by molar-refractivity contribution is 6.00. The van der Waals surface area contributed by atoms with Gasteiger partial charge in [0, 0.05) is 18.8 Å². The third-order valence-corrected chi connectivity index (χ3v) is 5.09. The second kappa shape index (κ2) is 7.25. The average Bonchev–Trinajstić information content (AvgIpc) is 3.42. The number of hydrogen-bond acceptors (Lipinski definition) is 4. The van der Waals surface area contributed by atoms with Crippen molar-refractivity contribution in [3.05, 3.63) is 29.8 Å². The number of anilines is 1. The van der Waals surface area contributed by atoms with Crippen LogP contribution in [0.3, 0.4) is 0 Å². The predicted molar refractivity (Wildman–Crippen MR) is 93.0 cm³/mol. The summed E-state index contributed by atoms with van der Waals surface area (Å²) in [5, 5.41) is 2.80. The molecular weight excluding hydrogens is 320 g/mol. The number of methoxy groups -OCH3 is 1. The Bertz CT molecular complexity index is 680. The molecule has 1 aromatic carbocycles. The van der Waals surface area contributed by atoms with Crippen LogP contribution in [0.1, 0.15) is 36.5 Å². The van der Waals surface area contributed by atoms with Crippen LogP contribution in [0, 0.1) is 17.8 Å². The van der Waals surface area contributed by atoms with Crippen LogP contribution in [-0.4, -0.2) is 42.9 Å². The van der Waals surface area contributed by atoms with Crippen molar-refractivity contribution in [3.8, 4) is 0 Å². The summed E-state index contributed by atoms with van der Waals surface area (Å²) < 4.78 is 4.68. The summed E-state index contributed by atoms with van der Waals surface area (Å²) in [6, 6.07) is 6.61. The number of benzene rings is 1. The van der Waals surface area contributed by atoms with E-state index in [0.717, 1.165) is 25.9 Å². The maximum Gasteiger partial charge on any atom is 0.337 e. The number of ether oxygens (including phenoxy) is 1. The molecule has 2 unspecified atom stereocenters. The zero-order valence-corrected chi connectivity index (χ0v) is 14.7. The maximum atomic E-state index is 12.5. The van der Waals surface area contributed by atoms with Crippen LogP contribution in [0.25, 0.3) is 0 Å². The molecule has 2 fully saturated rings. The van der Waals surface area contributed by atoms with Crippen LogP contribution >= 0.6 is 0 Å². The molecule has 2 aliphatic rings. The van der Waals surface area contributed by atoms with E-state index < -0.39 is 5.97 Å². The highest BCUT2D eigenvalue weighted by atomic mass is 16.5. The zero-order valence-electron chi connectivity index (χ0n) is 14.7. The lowest BCUT2D eigenvalue weighted by molar-refractivity contribution is -0.135. The van der Waals surface area contributed by atoms with E-state index in [-0.39, 0.29) is 23.7 Å². The van der Waals surface area contributed by atoms with Crippen molar-refractivity contribution in [3.63, 3.8) is 0 Å². The van der Waals surface area contributed by atoms with E-state index in [0.29, 0.717) is 23.6 Å². The summed E-state index contributed by atoms with van der Waals surface area (Å²) in [6.07, 6.45) is 2.68. The lowest BCUT2D eigenvalue weighted by Gasteiger charge is -2.30. The third kappa shape index (κ3) is 4.00. The number of amides is 2. The molecule has 1 aromatic rings. The molecule has 6 nitrogen and oxygen atoms in total. The molecule has 25 heavy (non-hydrogen) atoms. The number of likely N-dealkylation sites (tertiary alicyclic amines) is 1. The van der Waals surface area contributed by atoms with Crippen molar-refractivity contribution in [1.82, 2.24) is 4.90 Å². The van der Waals surface area contributed by atoms with Gasteiger partial charge in [-0.05, 0) is 43.4 Å². The van der Waals surface area contributed by atoms with Crippen molar-refractivity contribution in [1.29, 1.82) is 0 Å². The van der Waals surface area contributed by atoms with E-state index >= 15 is 0 Å². The SMILES string of the molecule is COC(=O)c1cccc(NC(=O)C2CC2C(=O)N2CCC(C)CC2)c1. The fourth-order valence-electron chi connectivity index (χ4n) is 3.30. The molecule has 1 saturated heterocycles. The molecule has 1 aliphatic carbocycles. The molecule has 1 saturated carbocycles. The molecule has 2 amide bonds. The first-order valence-electron chi connectivity index (χ1n) is 8.77. The third-order valence-electron chi connectivity index (χ3n) is 5.09. The van der Waals surface area contributed by atoms with Gasteiger partial charge >= 0.3 is 5.97 Å². The number of carbonyl (C=O) groups is 3. The van der Waals surface area contributed by atoms with Gasteiger partial charge in [-0.3, -0.25) is 9.59 Å². The maximum absolute atomic E-state index is 12.5. The Hall–Kier alpha value is -2.37. The molecule has 0 spiro atoms. The topological polar surface area (TPSA) is 75.7 Å². The van der Waals surface area contributed by atoms with Gasteiger partial charge in [0.15, 0.2) is 0 Å². The van der Waals surface area contributed by atoms with Crippen LogP contribution in [-0.2, 0) is 14.3 Å². The van der Waals surface area contributed by atoms with Gasteiger partial charge in [-0.15, -0.1) is 0 Å². The summed E-state index contributed by atoms with van der Waals surface area (Å²) in [5.74, 6) is -0.300. The highest BCUT2D eigenvalue weighted by Gasteiger charge is 2.49. The summed E-state index contributed by atoms with van der Waals surface area (Å²) in [6.45, 7) is 3.80. The van der Waals surface area contributed by atoms with Gasteiger partial charge < -0.3 is 15.0 Å². The Balaban J connectivity index is 1.55. The van der Waals surface area contributed by atoms with Gasteiger partial charge in [0.05, 0.1) is 24.5 Å². The Morgan fingerprint density at radius 2 is 1.88 bits per heavy atom. The number of nitrogens with one attached hydrogen (secondary N) is 1. The molecule has 6 heteroatoms. The molecule has 1 N–H and O–H groups in total. The number of piperidine rings is 1. The standard InChI is InChI=1S/C19H24N2O4/c1-12-6-8-21(9-7-12)18(23)16-11-15(16)17(22)20-14-5-3-4-13(10-14)19(24)25-2/h3-5,10,12,15-16H,6-9,11H2,1-2H3,(H,20,22). The van der Waals surface area contributed by atoms with Gasteiger partial charge in [0.1, 0.15) is 0 Å². The lowest BCUT2D eigenvalue weighted by Crippen LogP contribution is -2.39. The Kier molecular flexibility index (Phi) is 5.06. The molecule has 2 atom stereocenters. The Morgan fingerprint density at radius 3 is 2.56 bits per heavy atom. The fourth-order valence-corrected chi connectivity index (χ4v) is 3.30. The Morgan fingerprint density at radius 1 is 1.16 bits per heavy atom. The first-order valence-corrected chi connectivity index (χ1v) is 8.77. The Labute approximate surface area is 147 Å². The van der Waals surface area contributed by atoms with Crippen LogP contribution in [0.4, 0.5) is 5.69 Å². The van der Waals surface area contributed by atoms with Crippen LogP contribution in [0.15, 0.2) is 24.3 Å². The van der Waals surface area contributed by atoms with Crippen molar-refractivity contribution >= 4 is 23.5 Å².